The van der Waals surface area contributed by atoms with E-state index in [0.717, 1.165) is 0 Å². The summed E-state index contributed by atoms with van der Waals surface area (Å²) in [5.41, 5.74) is 0.00757. The third-order valence-corrected chi connectivity index (χ3v) is 4.43. The molecule has 0 heterocycles. The number of hydrogen-bond donors (Lipinski definition) is 2. The Kier molecular flexibility index (Phi) is 5.96. The Morgan fingerprint density at radius 1 is 1.45 bits per heavy atom. The highest BCUT2D eigenvalue weighted by Crippen LogP contribution is 2.20. The lowest BCUT2D eigenvalue weighted by Crippen LogP contribution is -2.30. The summed E-state index contributed by atoms with van der Waals surface area (Å²) in [4.78, 5) is -0.0892. The van der Waals surface area contributed by atoms with Gasteiger partial charge in [0.15, 0.2) is 0 Å². The van der Waals surface area contributed by atoms with Gasteiger partial charge in [-0.1, -0.05) is 18.5 Å². The van der Waals surface area contributed by atoms with Crippen LogP contribution < -0.4 is 4.72 Å². The molecule has 2 unspecified atom stereocenters. The molecule has 0 aromatic heterocycles. The standard InChI is InChI=1S/C13H17ClN2O3S/c1-9(5-10(2)17)8-16-20(18,19)13-4-3-12(14)6-11(13)7-15/h3-4,6,9-10,16-17H,5,8H2,1-2H3. The molecule has 0 aliphatic rings. The number of nitriles is 1. The quantitative estimate of drug-likeness (QED) is 0.838. The molecule has 5 nitrogen and oxygen atoms in total. The predicted molar refractivity (Wildman–Crippen MR) is 76.8 cm³/mol. The van der Waals surface area contributed by atoms with E-state index in [1.807, 2.05) is 13.0 Å². The summed E-state index contributed by atoms with van der Waals surface area (Å²) in [5, 5.41) is 18.5. The van der Waals surface area contributed by atoms with Gasteiger partial charge in [0.05, 0.1) is 16.6 Å². The number of nitrogens with zero attached hydrogens (tertiary/aromatic N) is 1. The van der Waals surface area contributed by atoms with Crippen LogP contribution in [0.1, 0.15) is 25.8 Å². The highest BCUT2D eigenvalue weighted by atomic mass is 35.5. The van der Waals surface area contributed by atoms with Gasteiger partial charge in [-0.25, -0.2) is 13.1 Å². The molecule has 0 amide bonds. The van der Waals surface area contributed by atoms with Gasteiger partial charge in [0, 0.05) is 11.6 Å². The molecular weight excluding hydrogens is 300 g/mol. The molecule has 2 atom stereocenters. The molecule has 0 fully saturated rings. The van der Waals surface area contributed by atoms with Gasteiger partial charge >= 0.3 is 0 Å². The van der Waals surface area contributed by atoms with Crippen molar-refractivity contribution in [2.45, 2.75) is 31.3 Å². The number of hydrogen-bond acceptors (Lipinski definition) is 4. The molecule has 0 bridgehead atoms. The highest BCUT2D eigenvalue weighted by Gasteiger charge is 2.19. The van der Waals surface area contributed by atoms with Gasteiger partial charge in [-0.05, 0) is 37.5 Å². The zero-order valence-corrected chi connectivity index (χ0v) is 12.9. The molecule has 0 aliphatic carbocycles. The molecular formula is C13H17ClN2O3S. The molecule has 2 N–H and O–H groups in total. The first kappa shape index (κ1) is 16.9. The van der Waals surface area contributed by atoms with Crippen LogP contribution in [0.25, 0.3) is 0 Å². The Morgan fingerprint density at radius 2 is 2.10 bits per heavy atom. The van der Waals surface area contributed by atoms with E-state index < -0.39 is 16.1 Å². The Hall–Kier alpha value is -1.13. The van der Waals surface area contributed by atoms with Gasteiger partial charge in [0.2, 0.25) is 10.0 Å². The third kappa shape index (κ3) is 4.76. The summed E-state index contributed by atoms with van der Waals surface area (Å²) >= 11 is 5.74. The Labute approximate surface area is 124 Å². The topological polar surface area (TPSA) is 90.2 Å². The van der Waals surface area contributed by atoms with Crippen molar-refractivity contribution in [1.82, 2.24) is 4.72 Å². The smallest absolute Gasteiger partial charge is 0.241 e. The molecule has 0 spiro atoms. The van der Waals surface area contributed by atoms with E-state index in [-0.39, 0.29) is 22.9 Å². The number of aliphatic hydroxyl groups excluding tert-OH is 1. The highest BCUT2D eigenvalue weighted by molar-refractivity contribution is 7.89. The minimum absolute atomic E-state index is 0.00757. The van der Waals surface area contributed by atoms with Crippen molar-refractivity contribution in [2.75, 3.05) is 6.54 Å². The number of aliphatic hydroxyl groups is 1. The van der Waals surface area contributed by atoms with Crippen molar-refractivity contribution in [2.24, 2.45) is 5.92 Å². The molecule has 0 saturated heterocycles. The molecule has 1 rings (SSSR count). The van der Waals surface area contributed by atoms with Crippen molar-refractivity contribution in [3.8, 4) is 6.07 Å². The molecule has 7 heteroatoms. The van der Waals surface area contributed by atoms with Crippen LogP contribution in [-0.4, -0.2) is 26.2 Å². The second-order valence-corrected chi connectivity index (χ2v) is 6.97. The van der Waals surface area contributed by atoms with E-state index >= 15 is 0 Å². The predicted octanol–water partition coefficient (Wildman–Crippen LogP) is 1.90. The first-order valence-electron chi connectivity index (χ1n) is 6.13. The maximum absolute atomic E-state index is 12.1. The summed E-state index contributed by atoms with van der Waals surface area (Å²) in [6, 6.07) is 5.87. The normalized spacial score (nSPS) is 14.6. The van der Waals surface area contributed by atoms with Crippen LogP contribution in [0.4, 0.5) is 0 Å². The zero-order valence-electron chi connectivity index (χ0n) is 11.3. The summed E-state index contributed by atoms with van der Waals surface area (Å²) in [5.74, 6) is -0.0115. The summed E-state index contributed by atoms with van der Waals surface area (Å²) in [6.07, 6.45) is 0.00791. The summed E-state index contributed by atoms with van der Waals surface area (Å²) in [7, 11) is -3.76. The minimum Gasteiger partial charge on any atom is -0.393 e. The van der Waals surface area contributed by atoms with Crippen LogP contribution in [0, 0.1) is 17.2 Å². The van der Waals surface area contributed by atoms with Crippen molar-refractivity contribution in [1.29, 1.82) is 5.26 Å². The van der Waals surface area contributed by atoms with Gasteiger partial charge in [-0.2, -0.15) is 5.26 Å². The van der Waals surface area contributed by atoms with Gasteiger partial charge in [0.1, 0.15) is 6.07 Å². The number of sulfonamides is 1. The molecule has 1 aromatic carbocycles. The van der Waals surface area contributed by atoms with E-state index in [2.05, 4.69) is 4.72 Å². The number of halogens is 1. The van der Waals surface area contributed by atoms with E-state index in [1.165, 1.54) is 18.2 Å². The second-order valence-electron chi connectivity index (χ2n) is 4.79. The fourth-order valence-electron chi connectivity index (χ4n) is 1.82. The summed E-state index contributed by atoms with van der Waals surface area (Å²) < 4.78 is 26.7. The average molecular weight is 317 g/mol. The molecule has 0 saturated carbocycles. The van der Waals surface area contributed by atoms with E-state index in [9.17, 15) is 13.5 Å². The number of benzene rings is 1. The van der Waals surface area contributed by atoms with Gasteiger partial charge in [0.25, 0.3) is 0 Å². The lowest BCUT2D eigenvalue weighted by atomic mass is 10.1. The lowest BCUT2D eigenvalue weighted by Gasteiger charge is -2.15. The van der Waals surface area contributed by atoms with Crippen LogP contribution in [0.15, 0.2) is 23.1 Å². The van der Waals surface area contributed by atoms with E-state index in [1.54, 1.807) is 6.92 Å². The third-order valence-electron chi connectivity index (χ3n) is 2.72. The second kappa shape index (κ2) is 7.04. The maximum Gasteiger partial charge on any atom is 0.241 e. The fraction of sp³-hybridized carbons (Fsp3) is 0.462. The molecule has 0 aliphatic heterocycles. The van der Waals surface area contributed by atoms with Crippen LogP contribution in [0.5, 0.6) is 0 Å². The van der Waals surface area contributed by atoms with Crippen LogP contribution >= 0.6 is 11.6 Å². The first-order valence-corrected chi connectivity index (χ1v) is 7.99. The average Bonchev–Trinajstić information content (AvgIpc) is 2.35. The van der Waals surface area contributed by atoms with Crippen LogP contribution in [-0.2, 0) is 10.0 Å². The van der Waals surface area contributed by atoms with E-state index in [0.29, 0.717) is 11.4 Å². The fourth-order valence-corrected chi connectivity index (χ4v) is 3.29. The largest absolute Gasteiger partial charge is 0.393 e. The Bertz CT molecular complexity index is 609. The van der Waals surface area contributed by atoms with Gasteiger partial charge < -0.3 is 5.11 Å². The summed E-state index contributed by atoms with van der Waals surface area (Å²) in [6.45, 7) is 3.68. The van der Waals surface area contributed by atoms with Crippen LogP contribution in [0.2, 0.25) is 5.02 Å². The van der Waals surface area contributed by atoms with Crippen molar-refractivity contribution < 1.29 is 13.5 Å². The number of rotatable bonds is 6. The monoisotopic (exact) mass is 316 g/mol. The van der Waals surface area contributed by atoms with Crippen LogP contribution in [0.3, 0.4) is 0 Å². The van der Waals surface area contributed by atoms with Gasteiger partial charge in [-0.3, -0.25) is 0 Å². The Balaban J connectivity index is 2.87. The maximum atomic E-state index is 12.1. The van der Waals surface area contributed by atoms with Gasteiger partial charge in [-0.15, -0.1) is 0 Å². The zero-order chi connectivity index (χ0) is 15.3. The Morgan fingerprint density at radius 3 is 2.65 bits per heavy atom. The number of nitrogens with one attached hydrogen (secondary N) is 1. The molecule has 110 valence electrons. The SMILES string of the molecule is CC(O)CC(C)CNS(=O)(=O)c1ccc(Cl)cc1C#N. The lowest BCUT2D eigenvalue weighted by molar-refractivity contribution is 0.165. The van der Waals surface area contributed by atoms with Crippen molar-refractivity contribution in [3.63, 3.8) is 0 Å². The molecule has 20 heavy (non-hydrogen) atoms. The van der Waals surface area contributed by atoms with Crippen molar-refractivity contribution in [3.05, 3.63) is 28.8 Å². The van der Waals surface area contributed by atoms with Crippen molar-refractivity contribution >= 4 is 21.6 Å². The first-order chi connectivity index (χ1) is 9.26. The van der Waals surface area contributed by atoms with E-state index in [4.69, 9.17) is 16.9 Å². The minimum atomic E-state index is -3.76. The molecule has 0 radical (unpaired) electrons. The molecule has 1 aromatic rings.